The highest BCUT2D eigenvalue weighted by Gasteiger charge is 2.18. The van der Waals surface area contributed by atoms with Gasteiger partial charge in [0.25, 0.3) is 0 Å². The Morgan fingerprint density at radius 1 is 1.12 bits per heavy atom. The molecule has 1 aromatic rings. The zero-order chi connectivity index (χ0) is 12.4. The van der Waals surface area contributed by atoms with E-state index < -0.39 is 0 Å². The second-order valence-electron chi connectivity index (χ2n) is 5.26. The van der Waals surface area contributed by atoms with Gasteiger partial charge in [-0.1, -0.05) is 13.8 Å². The molecule has 0 saturated carbocycles. The maximum atomic E-state index is 5.89. The van der Waals surface area contributed by atoms with E-state index in [0.717, 1.165) is 31.9 Å². The fourth-order valence-electron chi connectivity index (χ4n) is 2.37. The molecule has 1 aliphatic rings. The summed E-state index contributed by atoms with van der Waals surface area (Å²) in [6.07, 6.45) is 0. The maximum absolute atomic E-state index is 5.89. The van der Waals surface area contributed by atoms with Gasteiger partial charge >= 0.3 is 0 Å². The van der Waals surface area contributed by atoms with E-state index >= 15 is 0 Å². The third kappa shape index (κ3) is 2.72. The van der Waals surface area contributed by atoms with Crippen LogP contribution < -0.4 is 10.6 Å². The molecule has 0 aromatic heterocycles. The van der Waals surface area contributed by atoms with Crippen molar-refractivity contribution < 1.29 is 0 Å². The van der Waals surface area contributed by atoms with Crippen LogP contribution >= 0.6 is 0 Å². The monoisotopic (exact) mass is 233 g/mol. The SMILES string of the molecule is CC(C)c1cc(N)ccc1N1CCN(C)CC1. The Bertz CT molecular complexity index is 379. The highest BCUT2D eigenvalue weighted by Crippen LogP contribution is 2.30. The van der Waals surface area contributed by atoms with Crippen molar-refractivity contribution in [1.82, 2.24) is 4.90 Å². The van der Waals surface area contributed by atoms with Crippen molar-refractivity contribution >= 4 is 11.4 Å². The number of nitrogen functional groups attached to an aromatic ring is 1. The van der Waals surface area contributed by atoms with Crippen LogP contribution in [-0.4, -0.2) is 38.1 Å². The molecule has 0 atom stereocenters. The number of nitrogens with zero attached hydrogens (tertiary/aromatic N) is 2. The molecular formula is C14H23N3. The Hall–Kier alpha value is -1.22. The van der Waals surface area contributed by atoms with E-state index in [4.69, 9.17) is 5.73 Å². The van der Waals surface area contributed by atoms with Crippen molar-refractivity contribution in [3.05, 3.63) is 23.8 Å². The van der Waals surface area contributed by atoms with Gasteiger partial charge in [0.2, 0.25) is 0 Å². The molecule has 0 spiro atoms. The summed E-state index contributed by atoms with van der Waals surface area (Å²) in [6.45, 7) is 8.97. The summed E-state index contributed by atoms with van der Waals surface area (Å²) in [6, 6.07) is 6.31. The molecule has 3 nitrogen and oxygen atoms in total. The van der Waals surface area contributed by atoms with Crippen molar-refractivity contribution in [3.8, 4) is 0 Å². The van der Waals surface area contributed by atoms with Crippen LogP contribution in [0.4, 0.5) is 11.4 Å². The zero-order valence-corrected chi connectivity index (χ0v) is 11.1. The summed E-state index contributed by atoms with van der Waals surface area (Å²) >= 11 is 0. The molecule has 2 N–H and O–H groups in total. The van der Waals surface area contributed by atoms with Crippen molar-refractivity contribution in [3.63, 3.8) is 0 Å². The summed E-state index contributed by atoms with van der Waals surface area (Å²) < 4.78 is 0. The first-order valence-electron chi connectivity index (χ1n) is 6.41. The summed E-state index contributed by atoms with van der Waals surface area (Å²) in [7, 11) is 2.18. The van der Waals surface area contributed by atoms with E-state index in [2.05, 4.69) is 42.8 Å². The quantitative estimate of drug-likeness (QED) is 0.794. The van der Waals surface area contributed by atoms with Crippen LogP contribution in [0.25, 0.3) is 0 Å². The largest absolute Gasteiger partial charge is 0.399 e. The fourth-order valence-corrected chi connectivity index (χ4v) is 2.37. The molecule has 1 saturated heterocycles. The van der Waals surface area contributed by atoms with Crippen LogP contribution in [0.2, 0.25) is 0 Å². The molecule has 0 radical (unpaired) electrons. The number of benzene rings is 1. The van der Waals surface area contributed by atoms with Gasteiger partial charge in [0.1, 0.15) is 0 Å². The standard InChI is InChI=1S/C14H23N3/c1-11(2)13-10-12(15)4-5-14(13)17-8-6-16(3)7-9-17/h4-5,10-11H,6-9,15H2,1-3H3. The van der Waals surface area contributed by atoms with E-state index in [1.807, 2.05) is 6.07 Å². The van der Waals surface area contributed by atoms with Gasteiger partial charge < -0.3 is 15.5 Å². The third-order valence-corrected chi connectivity index (χ3v) is 3.52. The van der Waals surface area contributed by atoms with Crippen LogP contribution in [0, 0.1) is 0 Å². The maximum Gasteiger partial charge on any atom is 0.0403 e. The van der Waals surface area contributed by atoms with E-state index in [-0.39, 0.29) is 0 Å². The number of anilines is 2. The van der Waals surface area contributed by atoms with Gasteiger partial charge in [0, 0.05) is 37.6 Å². The van der Waals surface area contributed by atoms with Crippen molar-refractivity contribution in [2.75, 3.05) is 43.9 Å². The van der Waals surface area contributed by atoms with Gasteiger partial charge in [0.05, 0.1) is 0 Å². The normalized spacial score (nSPS) is 17.8. The molecule has 1 aliphatic heterocycles. The lowest BCUT2D eigenvalue weighted by molar-refractivity contribution is 0.312. The lowest BCUT2D eigenvalue weighted by Gasteiger charge is -2.35. The topological polar surface area (TPSA) is 32.5 Å². The van der Waals surface area contributed by atoms with Crippen molar-refractivity contribution in [1.29, 1.82) is 0 Å². The molecule has 1 heterocycles. The lowest BCUT2D eigenvalue weighted by Crippen LogP contribution is -2.44. The number of hydrogen-bond acceptors (Lipinski definition) is 3. The molecule has 0 aliphatic carbocycles. The van der Waals surface area contributed by atoms with Crippen molar-refractivity contribution in [2.24, 2.45) is 0 Å². The Morgan fingerprint density at radius 2 is 1.76 bits per heavy atom. The molecule has 0 bridgehead atoms. The van der Waals surface area contributed by atoms with Crippen molar-refractivity contribution in [2.45, 2.75) is 19.8 Å². The van der Waals surface area contributed by atoms with Crippen LogP contribution in [0.3, 0.4) is 0 Å². The Kier molecular flexibility index (Phi) is 3.57. The third-order valence-electron chi connectivity index (χ3n) is 3.52. The highest BCUT2D eigenvalue weighted by molar-refractivity contribution is 5.61. The molecule has 94 valence electrons. The second-order valence-corrected chi connectivity index (χ2v) is 5.26. The van der Waals surface area contributed by atoms with Crippen LogP contribution in [0.15, 0.2) is 18.2 Å². The minimum Gasteiger partial charge on any atom is -0.399 e. The molecule has 2 rings (SSSR count). The molecule has 17 heavy (non-hydrogen) atoms. The Balaban J connectivity index is 2.25. The molecule has 1 aromatic carbocycles. The highest BCUT2D eigenvalue weighted by atomic mass is 15.2. The minimum atomic E-state index is 0.521. The van der Waals surface area contributed by atoms with E-state index in [1.54, 1.807) is 0 Å². The Labute approximate surface area is 104 Å². The summed E-state index contributed by atoms with van der Waals surface area (Å²) in [5, 5.41) is 0. The van der Waals surface area contributed by atoms with E-state index in [0.29, 0.717) is 5.92 Å². The number of rotatable bonds is 2. The predicted molar refractivity (Wildman–Crippen MR) is 74.7 cm³/mol. The Morgan fingerprint density at radius 3 is 2.35 bits per heavy atom. The number of nitrogens with two attached hydrogens (primary N) is 1. The first-order valence-corrected chi connectivity index (χ1v) is 6.41. The second kappa shape index (κ2) is 4.96. The molecule has 0 unspecified atom stereocenters. The zero-order valence-electron chi connectivity index (χ0n) is 11.1. The van der Waals surface area contributed by atoms with Gasteiger partial charge in [0.15, 0.2) is 0 Å². The van der Waals surface area contributed by atoms with Gasteiger partial charge in [-0.25, -0.2) is 0 Å². The van der Waals surface area contributed by atoms with Crippen LogP contribution in [-0.2, 0) is 0 Å². The smallest absolute Gasteiger partial charge is 0.0403 e. The van der Waals surface area contributed by atoms with E-state index in [9.17, 15) is 0 Å². The average Bonchev–Trinajstić information content (AvgIpc) is 2.30. The molecule has 0 amide bonds. The minimum absolute atomic E-state index is 0.521. The first-order chi connectivity index (χ1) is 8.08. The summed E-state index contributed by atoms with van der Waals surface area (Å²) in [4.78, 5) is 4.86. The summed E-state index contributed by atoms with van der Waals surface area (Å²) in [5.41, 5.74) is 9.49. The molecular weight excluding hydrogens is 210 g/mol. The average molecular weight is 233 g/mol. The lowest BCUT2D eigenvalue weighted by atomic mass is 9.99. The van der Waals surface area contributed by atoms with Gasteiger partial charge in [-0.3, -0.25) is 0 Å². The van der Waals surface area contributed by atoms with Gasteiger partial charge in [-0.2, -0.15) is 0 Å². The van der Waals surface area contributed by atoms with Crippen LogP contribution in [0.5, 0.6) is 0 Å². The van der Waals surface area contributed by atoms with Crippen LogP contribution in [0.1, 0.15) is 25.3 Å². The number of likely N-dealkylation sites (N-methyl/N-ethyl adjacent to an activating group) is 1. The summed E-state index contributed by atoms with van der Waals surface area (Å²) in [5.74, 6) is 0.521. The molecule has 1 fully saturated rings. The van der Waals surface area contributed by atoms with E-state index in [1.165, 1.54) is 11.3 Å². The number of piperazine rings is 1. The predicted octanol–water partition coefficient (Wildman–Crippen LogP) is 2.14. The van der Waals surface area contributed by atoms with Gasteiger partial charge in [-0.15, -0.1) is 0 Å². The first kappa shape index (κ1) is 12.2. The number of hydrogen-bond donors (Lipinski definition) is 1. The van der Waals surface area contributed by atoms with Gasteiger partial charge in [-0.05, 0) is 36.7 Å². The molecule has 3 heteroatoms. The fraction of sp³-hybridized carbons (Fsp3) is 0.571.